The second kappa shape index (κ2) is 8.37. The van der Waals surface area contributed by atoms with Crippen LogP contribution in [-0.2, 0) is 10.0 Å². The van der Waals surface area contributed by atoms with E-state index in [4.69, 9.17) is 10.5 Å². The van der Waals surface area contributed by atoms with Crippen LogP contribution in [0, 0.1) is 0 Å². The second-order valence-corrected chi connectivity index (χ2v) is 9.13. The van der Waals surface area contributed by atoms with Gasteiger partial charge in [0.05, 0.1) is 7.11 Å². The van der Waals surface area contributed by atoms with Crippen molar-refractivity contribution in [1.82, 2.24) is 9.62 Å². The Morgan fingerprint density at radius 1 is 1.23 bits per heavy atom. The number of carbonyl (C=O) groups excluding carboxylic acids is 1. The normalized spacial score (nSPS) is 16.8. The van der Waals surface area contributed by atoms with Gasteiger partial charge in [-0.1, -0.05) is 12.8 Å². The lowest BCUT2D eigenvalue weighted by molar-refractivity contribution is 0.0915. The minimum absolute atomic E-state index is 0.0279. The SMILES string of the molecule is COc1ccc(C(=O)NC(C)(C)CN)cc1S(=O)(=O)N1CCCCCC1. The van der Waals surface area contributed by atoms with Gasteiger partial charge < -0.3 is 15.8 Å². The monoisotopic (exact) mass is 383 g/mol. The number of methoxy groups -OCH3 is 1. The molecule has 1 aromatic carbocycles. The summed E-state index contributed by atoms with van der Waals surface area (Å²) in [4.78, 5) is 12.5. The highest BCUT2D eigenvalue weighted by Gasteiger charge is 2.29. The molecule has 1 fully saturated rings. The first-order valence-electron chi connectivity index (χ1n) is 8.92. The molecule has 1 aliphatic rings. The fourth-order valence-corrected chi connectivity index (χ4v) is 4.57. The molecular formula is C18H29N3O4S. The lowest BCUT2D eigenvalue weighted by Gasteiger charge is -2.25. The van der Waals surface area contributed by atoms with Gasteiger partial charge in [0.15, 0.2) is 0 Å². The molecule has 0 saturated carbocycles. The van der Waals surface area contributed by atoms with Gasteiger partial charge in [-0.2, -0.15) is 4.31 Å². The van der Waals surface area contributed by atoms with E-state index in [0.29, 0.717) is 13.1 Å². The molecule has 2 rings (SSSR count). The zero-order valence-electron chi connectivity index (χ0n) is 15.7. The third kappa shape index (κ3) is 4.75. The minimum atomic E-state index is -3.73. The van der Waals surface area contributed by atoms with Crippen molar-refractivity contribution in [1.29, 1.82) is 0 Å². The summed E-state index contributed by atoms with van der Waals surface area (Å²) >= 11 is 0. The third-order valence-corrected chi connectivity index (χ3v) is 6.49. The summed E-state index contributed by atoms with van der Waals surface area (Å²) in [6, 6.07) is 4.47. The van der Waals surface area contributed by atoms with Gasteiger partial charge in [0.1, 0.15) is 10.6 Å². The molecule has 8 heteroatoms. The average molecular weight is 384 g/mol. The maximum absolute atomic E-state index is 13.1. The Kier molecular flexibility index (Phi) is 6.65. The smallest absolute Gasteiger partial charge is 0.251 e. The number of benzene rings is 1. The van der Waals surface area contributed by atoms with E-state index in [9.17, 15) is 13.2 Å². The van der Waals surface area contributed by atoms with Crippen molar-refractivity contribution in [2.24, 2.45) is 5.73 Å². The van der Waals surface area contributed by atoms with Gasteiger partial charge in [-0.25, -0.2) is 8.42 Å². The van der Waals surface area contributed by atoms with Crippen LogP contribution in [-0.4, -0.2) is 50.9 Å². The summed E-state index contributed by atoms with van der Waals surface area (Å²) in [5, 5.41) is 2.81. The van der Waals surface area contributed by atoms with Crippen LogP contribution < -0.4 is 15.8 Å². The molecule has 0 spiro atoms. The maximum Gasteiger partial charge on any atom is 0.251 e. The molecule has 0 unspecified atom stereocenters. The number of rotatable bonds is 6. The van der Waals surface area contributed by atoms with Crippen LogP contribution in [0.5, 0.6) is 5.75 Å². The standard InChI is InChI=1S/C18H29N3O4S/c1-18(2,13-19)20-17(22)14-8-9-15(25-3)16(12-14)26(23,24)21-10-6-4-5-7-11-21/h8-9,12H,4-7,10-11,13,19H2,1-3H3,(H,20,22). The highest BCUT2D eigenvalue weighted by Crippen LogP contribution is 2.29. The number of ether oxygens (including phenoxy) is 1. The number of carbonyl (C=O) groups is 1. The molecule has 0 atom stereocenters. The largest absolute Gasteiger partial charge is 0.495 e. The number of hydrogen-bond donors (Lipinski definition) is 2. The number of amides is 1. The summed E-state index contributed by atoms with van der Waals surface area (Å²) in [5.41, 5.74) is 5.33. The van der Waals surface area contributed by atoms with Crippen molar-refractivity contribution < 1.29 is 17.9 Å². The molecule has 26 heavy (non-hydrogen) atoms. The molecular weight excluding hydrogens is 354 g/mol. The predicted octanol–water partition coefficient (Wildman–Crippen LogP) is 1.73. The molecule has 0 aliphatic carbocycles. The molecule has 1 heterocycles. The number of sulfonamides is 1. The first-order valence-corrected chi connectivity index (χ1v) is 10.4. The first kappa shape index (κ1) is 20.7. The second-order valence-electron chi connectivity index (χ2n) is 7.23. The molecule has 1 saturated heterocycles. The van der Waals surface area contributed by atoms with Crippen molar-refractivity contribution in [2.45, 2.75) is 50.0 Å². The Balaban J connectivity index is 2.39. The average Bonchev–Trinajstić information content (AvgIpc) is 2.90. The van der Waals surface area contributed by atoms with Gasteiger partial charge in [-0.3, -0.25) is 4.79 Å². The molecule has 0 radical (unpaired) electrons. The lowest BCUT2D eigenvalue weighted by atomic mass is 10.1. The Morgan fingerprint density at radius 3 is 2.38 bits per heavy atom. The van der Waals surface area contributed by atoms with E-state index >= 15 is 0 Å². The topological polar surface area (TPSA) is 102 Å². The molecule has 146 valence electrons. The first-order chi connectivity index (χ1) is 12.2. The molecule has 3 N–H and O–H groups in total. The van der Waals surface area contributed by atoms with Crippen molar-refractivity contribution in [3.05, 3.63) is 23.8 Å². The zero-order chi connectivity index (χ0) is 19.4. The van der Waals surface area contributed by atoms with Gasteiger partial charge >= 0.3 is 0 Å². The van der Waals surface area contributed by atoms with E-state index in [0.717, 1.165) is 25.7 Å². The highest BCUT2D eigenvalue weighted by atomic mass is 32.2. The molecule has 7 nitrogen and oxygen atoms in total. The van der Waals surface area contributed by atoms with Crippen LogP contribution in [0.3, 0.4) is 0 Å². The van der Waals surface area contributed by atoms with Gasteiger partial charge in [0.2, 0.25) is 10.0 Å². The van der Waals surface area contributed by atoms with Gasteiger partial charge in [-0.15, -0.1) is 0 Å². The molecule has 1 amide bonds. The van der Waals surface area contributed by atoms with Crippen LogP contribution in [0.4, 0.5) is 0 Å². The van der Waals surface area contributed by atoms with E-state index < -0.39 is 15.6 Å². The van der Waals surface area contributed by atoms with Gasteiger partial charge in [-0.05, 0) is 44.9 Å². The molecule has 1 aliphatic heterocycles. The van der Waals surface area contributed by atoms with E-state index in [-0.39, 0.29) is 28.7 Å². The van der Waals surface area contributed by atoms with Crippen LogP contribution in [0.25, 0.3) is 0 Å². The van der Waals surface area contributed by atoms with Crippen molar-refractivity contribution >= 4 is 15.9 Å². The van der Waals surface area contributed by atoms with E-state index in [1.165, 1.54) is 23.5 Å². The van der Waals surface area contributed by atoms with Crippen LogP contribution in [0.2, 0.25) is 0 Å². The lowest BCUT2D eigenvalue weighted by Crippen LogP contribution is -2.48. The fraction of sp³-hybridized carbons (Fsp3) is 0.611. The Hall–Kier alpha value is -1.64. The fourth-order valence-electron chi connectivity index (χ4n) is 2.87. The Morgan fingerprint density at radius 2 is 1.85 bits per heavy atom. The molecule has 0 bridgehead atoms. The number of hydrogen-bond acceptors (Lipinski definition) is 5. The van der Waals surface area contributed by atoms with E-state index in [1.807, 2.05) is 13.8 Å². The van der Waals surface area contributed by atoms with E-state index in [1.54, 1.807) is 6.07 Å². The molecule has 1 aromatic rings. The van der Waals surface area contributed by atoms with Crippen molar-refractivity contribution in [3.8, 4) is 5.75 Å². The van der Waals surface area contributed by atoms with Crippen LogP contribution >= 0.6 is 0 Å². The molecule has 0 aromatic heterocycles. The Bertz CT molecular complexity index is 739. The predicted molar refractivity (Wildman–Crippen MR) is 101 cm³/mol. The minimum Gasteiger partial charge on any atom is -0.495 e. The summed E-state index contributed by atoms with van der Waals surface area (Å²) in [7, 11) is -2.31. The summed E-state index contributed by atoms with van der Waals surface area (Å²) in [5.74, 6) is -0.126. The third-order valence-electron chi connectivity index (χ3n) is 4.57. The summed E-state index contributed by atoms with van der Waals surface area (Å²) in [6.07, 6.45) is 3.73. The Labute approximate surface area is 155 Å². The highest BCUT2D eigenvalue weighted by molar-refractivity contribution is 7.89. The maximum atomic E-state index is 13.1. The van der Waals surface area contributed by atoms with Crippen molar-refractivity contribution in [2.75, 3.05) is 26.7 Å². The van der Waals surface area contributed by atoms with Crippen LogP contribution in [0.15, 0.2) is 23.1 Å². The summed E-state index contributed by atoms with van der Waals surface area (Å²) in [6.45, 7) is 4.87. The van der Waals surface area contributed by atoms with E-state index in [2.05, 4.69) is 5.32 Å². The number of nitrogens with two attached hydrogens (primary N) is 1. The van der Waals surface area contributed by atoms with Crippen molar-refractivity contribution in [3.63, 3.8) is 0 Å². The number of nitrogens with zero attached hydrogens (tertiary/aromatic N) is 1. The number of nitrogens with one attached hydrogen (secondary N) is 1. The zero-order valence-corrected chi connectivity index (χ0v) is 16.6. The van der Waals surface area contributed by atoms with Gasteiger partial charge in [0.25, 0.3) is 5.91 Å². The quantitative estimate of drug-likeness (QED) is 0.779. The summed E-state index contributed by atoms with van der Waals surface area (Å²) < 4.78 is 33.0. The van der Waals surface area contributed by atoms with Crippen LogP contribution in [0.1, 0.15) is 49.9 Å². The van der Waals surface area contributed by atoms with Gasteiger partial charge in [0, 0.05) is 30.7 Å².